The monoisotopic (exact) mass is 247 g/mol. The van der Waals surface area contributed by atoms with E-state index in [9.17, 15) is 4.79 Å². The largest absolute Gasteiger partial charge is 0.381 e. The number of amides is 1. The van der Waals surface area contributed by atoms with Gasteiger partial charge in [0.25, 0.3) is 0 Å². The van der Waals surface area contributed by atoms with Gasteiger partial charge in [-0.1, -0.05) is 13.8 Å². The number of carbonyl (C=O) groups excluding carboxylic acids is 1. The number of benzene rings is 1. The van der Waals surface area contributed by atoms with E-state index < -0.39 is 0 Å². The van der Waals surface area contributed by atoms with Crippen LogP contribution in [0.15, 0.2) is 18.2 Å². The minimum absolute atomic E-state index is 0.154. The summed E-state index contributed by atoms with van der Waals surface area (Å²) in [6.07, 6.45) is 0.496. The zero-order valence-electron chi connectivity index (χ0n) is 11.2. The number of hydrogen-bond acceptors (Lipinski definition) is 3. The minimum atomic E-state index is 0.154. The van der Waals surface area contributed by atoms with Crippen LogP contribution in [0, 0.1) is 5.92 Å². The molecular formula is C14H21N3O. The number of anilines is 2. The van der Waals surface area contributed by atoms with Crippen molar-refractivity contribution in [2.75, 3.05) is 23.8 Å². The zero-order chi connectivity index (χ0) is 13.3. The molecular weight excluding hydrogens is 226 g/mol. The average Bonchev–Trinajstić information content (AvgIpc) is 2.61. The Labute approximate surface area is 108 Å². The number of nitrogens with zero attached hydrogens (tertiary/aromatic N) is 1. The van der Waals surface area contributed by atoms with Crippen molar-refractivity contribution in [2.45, 2.75) is 26.3 Å². The topological polar surface area (TPSA) is 58.4 Å². The molecule has 1 aromatic rings. The lowest BCUT2D eigenvalue weighted by molar-refractivity contribution is -0.117. The van der Waals surface area contributed by atoms with Crippen LogP contribution in [0.1, 0.15) is 19.4 Å². The molecule has 3 N–H and O–H groups in total. The SMILES string of the molecule is CC(C)C(CN)Nc1ccc2c(c1)CC(=O)N2C. The van der Waals surface area contributed by atoms with Gasteiger partial charge in [0, 0.05) is 31.0 Å². The van der Waals surface area contributed by atoms with Gasteiger partial charge in [0.2, 0.25) is 5.91 Å². The van der Waals surface area contributed by atoms with Crippen molar-refractivity contribution >= 4 is 17.3 Å². The molecule has 0 fully saturated rings. The summed E-state index contributed by atoms with van der Waals surface area (Å²) in [4.78, 5) is 13.3. The van der Waals surface area contributed by atoms with Crippen LogP contribution in [0.4, 0.5) is 11.4 Å². The van der Waals surface area contributed by atoms with Gasteiger partial charge in [-0.05, 0) is 29.7 Å². The fourth-order valence-corrected chi connectivity index (χ4v) is 2.27. The number of carbonyl (C=O) groups is 1. The molecule has 1 aliphatic heterocycles. The second-order valence-electron chi connectivity index (χ2n) is 5.20. The standard InChI is InChI=1S/C14H21N3O/c1-9(2)12(8-15)16-11-4-5-13-10(6-11)7-14(18)17(13)3/h4-6,9,12,16H,7-8,15H2,1-3H3. The van der Waals surface area contributed by atoms with Crippen molar-refractivity contribution in [3.8, 4) is 0 Å². The van der Waals surface area contributed by atoms with Crippen molar-refractivity contribution < 1.29 is 4.79 Å². The smallest absolute Gasteiger partial charge is 0.231 e. The normalized spacial score (nSPS) is 16.1. The summed E-state index contributed by atoms with van der Waals surface area (Å²) in [6, 6.07) is 6.33. The molecule has 0 bridgehead atoms. The predicted molar refractivity (Wildman–Crippen MR) is 74.9 cm³/mol. The van der Waals surface area contributed by atoms with Crippen molar-refractivity contribution in [3.63, 3.8) is 0 Å². The Bertz CT molecular complexity index is 456. The minimum Gasteiger partial charge on any atom is -0.381 e. The van der Waals surface area contributed by atoms with Crippen molar-refractivity contribution in [3.05, 3.63) is 23.8 Å². The third kappa shape index (κ3) is 2.34. The summed E-state index contributed by atoms with van der Waals surface area (Å²) in [5, 5.41) is 3.43. The Morgan fingerprint density at radius 1 is 1.44 bits per heavy atom. The van der Waals surface area contributed by atoms with Crippen LogP contribution in [0.25, 0.3) is 0 Å². The van der Waals surface area contributed by atoms with Gasteiger partial charge in [-0.25, -0.2) is 0 Å². The van der Waals surface area contributed by atoms with Gasteiger partial charge in [-0.2, -0.15) is 0 Å². The van der Waals surface area contributed by atoms with Crippen LogP contribution in [0.3, 0.4) is 0 Å². The highest BCUT2D eigenvalue weighted by atomic mass is 16.2. The molecule has 18 heavy (non-hydrogen) atoms. The lowest BCUT2D eigenvalue weighted by atomic mass is 10.0. The molecule has 4 nitrogen and oxygen atoms in total. The quantitative estimate of drug-likeness (QED) is 0.849. The van der Waals surface area contributed by atoms with Crippen LogP contribution in [-0.2, 0) is 11.2 Å². The molecule has 0 saturated carbocycles. The summed E-state index contributed by atoms with van der Waals surface area (Å²) in [5.41, 5.74) is 8.90. The Hall–Kier alpha value is -1.55. The van der Waals surface area contributed by atoms with E-state index >= 15 is 0 Å². The summed E-state index contributed by atoms with van der Waals surface area (Å²) < 4.78 is 0. The first-order chi connectivity index (χ1) is 8.52. The van der Waals surface area contributed by atoms with Gasteiger partial charge < -0.3 is 16.0 Å². The maximum absolute atomic E-state index is 11.6. The third-order valence-corrected chi connectivity index (χ3v) is 3.57. The van der Waals surface area contributed by atoms with Crippen molar-refractivity contribution in [2.24, 2.45) is 11.7 Å². The Morgan fingerprint density at radius 2 is 2.17 bits per heavy atom. The number of likely N-dealkylation sites (N-methyl/N-ethyl adjacent to an activating group) is 1. The molecule has 0 radical (unpaired) electrons. The van der Waals surface area contributed by atoms with E-state index in [1.54, 1.807) is 4.90 Å². The number of rotatable bonds is 4. The molecule has 1 atom stereocenters. The first-order valence-electron chi connectivity index (χ1n) is 6.39. The fourth-order valence-electron chi connectivity index (χ4n) is 2.27. The molecule has 4 heteroatoms. The fraction of sp³-hybridized carbons (Fsp3) is 0.500. The highest BCUT2D eigenvalue weighted by Crippen LogP contribution is 2.30. The molecule has 1 aromatic carbocycles. The van der Waals surface area contributed by atoms with Crippen LogP contribution in [-0.4, -0.2) is 25.5 Å². The zero-order valence-corrected chi connectivity index (χ0v) is 11.2. The van der Waals surface area contributed by atoms with E-state index in [-0.39, 0.29) is 11.9 Å². The van der Waals surface area contributed by atoms with Crippen molar-refractivity contribution in [1.29, 1.82) is 0 Å². The van der Waals surface area contributed by atoms with Crippen LogP contribution < -0.4 is 16.0 Å². The molecule has 98 valence electrons. The summed E-state index contributed by atoms with van der Waals surface area (Å²) in [6.45, 7) is 4.90. The summed E-state index contributed by atoms with van der Waals surface area (Å²) >= 11 is 0. The van der Waals surface area contributed by atoms with Gasteiger partial charge in [0.15, 0.2) is 0 Å². The van der Waals surface area contributed by atoms with E-state index in [2.05, 4.69) is 25.2 Å². The first-order valence-corrected chi connectivity index (χ1v) is 6.39. The molecule has 1 amide bonds. The Balaban J connectivity index is 2.18. The number of nitrogens with one attached hydrogen (secondary N) is 1. The molecule has 0 spiro atoms. The van der Waals surface area contributed by atoms with Crippen molar-refractivity contribution in [1.82, 2.24) is 0 Å². The van der Waals surface area contributed by atoms with E-state index in [0.717, 1.165) is 16.9 Å². The van der Waals surface area contributed by atoms with E-state index in [1.807, 2.05) is 19.2 Å². The molecule has 1 aliphatic rings. The molecule has 0 aliphatic carbocycles. The van der Waals surface area contributed by atoms with Crippen LogP contribution in [0.2, 0.25) is 0 Å². The molecule has 0 aromatic heterocycles. The van der Waals surface area contributed by atoms with E-state index in [4.69, 9.17) is 5.73 Å². The van der Waals surface area contributed by atoms with Gasteiger partial charge in [0.05, 0.1) is 6.42 Å². The summed E-state index contributed by atoms with van der Waals surface area (Å²) in [7, 11) is 1.82. The van der Waals surface area contributed by atoms with E-state index in [0.29, 0.717) is 18.9 Å². The highest BCUT2D eigenvalue weighted by Gasteiger charge is 2.24. The summed E-state index contributed by atoms with van der Waals surface area (Å²) in [5.74, 6) is 0.633. The Morgan fingerprint density at radius 3 is 2.78 bits per heavy atom. The van der Waals surface area contributed by atoms with Gasteiger partial charge >= 0.3 is 0 Å². The maximum atomic E-state index is 11.6. The maximum Gasteiger partial charge on any atom is 0.231 e. The van der Waals surface area contributed by atoms with Gasteiger partial charge in [0.1, 0.15) is 0 Å². The van der Waals surface area contributed by atoms with Crippen LogP contribution >= 0.6 is 0 Å². The molecule has 1 unspecified atom stereocenters. The van der Waals surface area contributed by atoms with Gasteiger partial charge in [-0.3, -0.25) is 4.79 Å². The number of nitrogens with two attached hydrogens (primary N) is 1. The van der Waals surface area contributed by atoms with Crippen LogP contribution in [0.5, 0.6) is 0 Å². The lowest BCUT2D eigenvalue weighted by Crippen LogP contribution is -2.33. The molecule has 1 heterocycles. The second-order valence-corrected chi connectivity index (χ2v) is 5.20. The Kier molecular flexibility index (Phi) is 3.57. The molecule has 2 rings (SSSR count). The lowest BCUT2D eigenvalue weighted by Gasteiger charge is -2.22. The molecule has 0 saturated heterocycles. The highest BCUT2D eigenvalue weighted by molar-refractivity contribution is 6.01. The van der Waals surface area contributed by atoms with E-state index in [1.165, 1.54) is 0 Å². The number of hydrogen-bond donors (Lipinski definition) is 2. The second kappa shape index (κ2) is 4.98. The predicted octanol–water partition coefficient (Wildman–Crippen LogP) is 1.60. The first kappa shape index (κ1) is 12.9. The number of fused-ring (bicyclic) bond motifs is 1. The van der Waals surface area contributed by atoms with Gasteiger partial charge in [-0.15, -0.1) is 0 Å². The third-order valence-electron chi connectivity index (χ3n) is 3.57. The average molecular weight is 247 g/mol.